The number of carbonyl (C=O) groups is 2. The number of carbonyl (C=O) groups excluding carboxylic acids is 2. The number of aliphatic hydroxyl groups is 2. The third-order valence-corrected chi connectivity index (χ3v) is 15.3. The molecular weight excluding hydrogens is 875 g/mol. The molecule has 3 N–H and O–H groups in total. The number of rotatable bonds is 61. The van der Waals surface area contributed by atoms with E-state index in [0.29, 0.717) is 25.9 Å². The lowest BCUT2D eigenvalue weighted by Gasteiger charge is -2.22. The summed E-state index contributed by atoms with van der Waals surface area (Å²) in [6.07, 6.45) is 73.7. The Bertz CT molecular complexity index is 1060. The zero-order valence-corrected chi connectivity index (χ0v) is 48.2. The molecule has 2 unspecified atom stereocenters. The average molecular weight is 1000 g/mol. The second-order valence-corrected chi connectivity index (χ2v) is 22.5. The molecule has 0 fully saturated rings. The van der Waals surface area contributed by atoms with E-state index in [0.717, 1.165) is 44.9 Å². The van der Waals surface area contributed by atoms with E-state index in [1.807, 2.05) is 0 Å². The van der Waals surface area contributed by atoms with Gasteiger partial charge in [0, 0.05) is 12.8 Å². The van der Waals surface area contributed by atoms with Crippen molar-refractivity contribution in [1.29, 1.82) is 0 Å². The van der Waals surface area contributed by atoms with Gasteiger partial charge in [0.2, 0.25) is 5.91 Å². The fourth-order valence-electron chi connectivity index (χ4n) is 10.3. The van der Waals surface area contributed by atoms with Crippen LogP contribution in [0.25, 0.3) is 0 Å². The number of hydrogen-bond donors (Lipinski definition) is 3. The first-order chi connectivity index (χ1) is 35.0. The number of allylic oxidation sites excluding steroid dienone is 2. The van der Waals surface area contributed by atoms with Gasteiger partial charge in [-0.3, -0.25) is 9.59 Å². The van der Waals surface area contributed by atoms with Crippen molar-refractivity contribution in [2.45, 2.75) is 379 Å². The smallest absolute Gasteiger partial charge is 0.305 e. The van der Waals surface area contributed by atoms with Gasteiger partial charge in [-0.1, -0.05) is 315 Å². The van der Waals surface area contributed by atoms with Gasteiger partial charge in [-0.05, 0) is 51.4 Å². The average Bonchev–Trinajstić information content (AvgIpc) is 3.37. The summed E-state index contributed by atoms with van der Waals surface area (Å²) in [6.45, 7) is 4.98. The predicted octanol–water partition coefficient (Wildman–Crippen LogP) is 20.4. The van der Waals surface area contributed by atoms with E-state index in [9.17, 15) is 19.8 Å². The molecule has 1 amide bonds. The number of nitrogens with one attached hydrogen (secondary N) is 1. The van der Waals surface area contributed by atoms with Crippen molar-refractivity contribution >= 4 is 11.9 Å². The lowest BCUT2D eigenvalue weighted by molar-refractivity contribution is -0.143. The van der Waals surface area contributed by atoms with E-state index in [2.05, 4.69) is 31.3 Å². The number of esters is 1. The number of aliphatic hydroxyl groups excluding tert-OH is 2. The van der Waals surface area contributed by atoms with Crippen molar-refractivity contribution < 1.29 is 24.5 Å². The Hall–Kier alpha value is -1.40. The zero-order chi connectivity index (χ0) is 51.4. The zero-order valence-electron chi connectivity index (χ0n) is 48.2. The molecule has 0 saturated heterocycles. The van der Waals surface area contributed by atoms with Crippen LogP contribution in [-0.2, 0) is 14.3 Å². The molecule has 2 atom stereocenters. The first-order valence-corrected chi connectivity index (χ1v) is 32.4. The molecule has 6 heteroatoms. The number of amides is 1. The fourth-order valence-corrected chi connectivity index (χ4v) is 10.3. The van der Waals surface area contributed by atoms with Crippen LogP contribution < -0.4 is 5.32 Å². The van der Waals surface area contributed by atoms with Gasteiger partial charge in [0.15, 0.2) is 0 Å². The number of hydrogen-bond acceptors (Lipinski definition) is 5. The lowest BCUT2D eigenvalue weighted by Crippen LogP contribution is -2.45. The molecule has 0 aromatic carbocycles. The van der Waals surface area contributed by atoms with Crippen molar-refractivity contribution in [3.05, 3.63) is 12.2 Å². The van der Waals surface area contributed by atoms with Crippen LogP contribution in [0.15, 0.2) is 12.2 Å². The van der Waals surface area contributed by atoms with Crippen molar-refractivity contribution in [1.82, 2.24) is 5.32 Å². The maximum Gasteiger partial charge on any atom is 0.305 e. The molecule has 0 spiro atoms. The van der Waals surface area contributed by atoms with Crippen molar-refractivity contribution in [2.24, 2.45) is 0 Å². The Kier molecular flexibility index (Phi) is 59.9. The summed E-state index contributed by atoms with van der Waals surface area (Å²) in [7, 11) is 0. The Balaban J connectivity index is 3.38. The maximum absolute atomic E-state index is 12.5. The van der Waals surface area contributed by atoms with Gasteiger partial charge in [-0.2, -0.15) is 0 Å². The quantitative estimate of drug-likeness (QED) is 0.0320. The molecule has 0 aliphatic carbocycles. The largest absolute Gasteiger partial charge is 0.466 e. The Morgan fingerprint density at radius 2 is 0.662 bits per heavy atom. The Morgan fingerprint density at radius 3 is 1.00 bits per heavy atom. The van der Waals surface area contributed by atoms with Gasteiger partial charge < -0.3 is 20.3 Å². The molecule has 0 radical (unpaired) electrons. The van der Waals surface area contributed by atoms with E-state index in [1.54, 1.807) is 0 Å². The number of unbranched alkanes of at least 4 members (excludes halogenated alkanes) is 48. The third kappa shape index (κ3) is 57.7. The van der Waals surface area contributed by atoms with Crippen molar-refractivity contribution in [3.63, 3.8) is 0 Å². The third-order valence-electron chi connectivity index (χ3n) is 15.3. The van der Waals surface area contributed by atoms with E-state index in [-0.39, 0.29) is 18.5 Å². The minimum Gasteiger partial charge on any atom is -0.466 e. The summed E-state index contributed by atoms with van der Waals surface area (Å²) in [6, 6.07) is -0.542. The van der Waals surface area contributed by atoms with Crippen LogP contribution in [0.4, 0.5) is 0 Å². The minimum absolute atomic E-state index is 0.00560. The van der Waals surface area contributed by atoms with E-state index in [1.165, 1.54) is 289 Å². The standard InChI is InChI=1S/C65H127NO5/c1-3-5-7-9-11-13-15-17-19-26-29-33-37-41-45-49-53-57-63(68)62(61-67)66-64(69)58-54-50-46-42-38-34-30-27-24-22-21-23-25-28-32-36-40-44-48-52-56-60-71-65(70)59-55-51-47-43-39-35-31-20-18-16-14-12-10-8-6-4-2/h20,31,62-63,67-68H,3-19,21-30,32-61H2,1-2H3,(H,66,69)/b31-20-. The molecule has 0 saturated carbocycles. The fraction of sp³-hybridized carbons (Fsp3) is 0.938. The molecule has 0 aliphatic rings. The summed E-state index contributed by atoms with van der Waals surface area (Å²) in [5.74, 6) is -0.0270. The molecular formula is C65H127NO5. The summed E-state index contributed by atoms with van der Waals surface area (Å²) in [5, 5.41) is 23.3. The van der Waals surface area contributed by atoms with Gasteiger partial charge >= 0.3 is 5.97 Å². The van der Waals surface area contributed by atoms with Gasteiger partial charge in [-0.25, -0.2) is 0 Å². The summed E-state index contributed by atoms with van der Waals surface area (Å²) in [4.78, 5) is 24.6. The van der Waals surface area contributed by atoms with Crippen molar-refractivity contribution in [3.8, 4) is 0 Å². The minimum atomic E-state index is -0.665. The van der Waals surface area contributed by atoms with Crippen LogP contribution in [0.1, 0.15) is 367 Å². The predicted molar refractivity (Wildman–Crippen MR) is 310 cm³/mol. The van der Waals surface area contributed by atoms with Gasteiger partial charge in [0.1, 0.15) is 0 Å². The van der Waals surface area contributed by atoms with Gasteiger partial charge in [-0.15, -0.1) is 0 Å². The molecule has 0 aliphatic heterocycles. The van der Waals surface area contributed by atoms with Crippen LogP contribution in [0.2, 0.25) is 0 Å². The first kappa shape index (κ1) is 69.6. The topological polar surface area (TPSA) is 95.9 Å². The molecule has 0 rings (SSSR count). The molecule has 71 heavy (non-hydrogen) atoms. The molecule has 0 aromatic heterocycles. The Labute approximate surface area is 444 Å². The van der Waals surface area contributed by atoms with Crippen LogP contribution in [0.3, 0.4) is 0 Å². The van der Waals surface area contributed by atoms with Crippen LogP contribution >= 0.6 is 0 Å². The monoisotopic (exact) mass is 1000 g/mol. The summed E-state index contributed by atoms with van der Waals surface area (Å²) >= 11 is 0. The van der Waals surface area contributed by atoms with Crippen molar-refractivity contribution in [2.75, 3.05) is 13.2 Å². The highest BCUT2D eigenvalue weighted by Gasteiger charge is 2.20. The molecule has 0 aromatic rings. The second kappa shape index (κ2) is 61.1. The summed E-state index contributed by atoms with van der Waals surface area (Å²) in [5.41, 5.74) is 0. The van der Waals surface area contributed by atoms with Gasteiger partial charge in [0.05, 0.1) is 25.4 Å². The first-order valence-electron chi connectivity index (χ1n) is 32.4. The highest BCUT2D eigenvalue weighted by Crippen LogP contribution is 2.18. The van der Waals surface area contributed by atoms with Crippen LogP contribution in [-0.4, -0.2) is 47.4 Å². The van der Waals surface area contributed by atoms with Gasteiger partial charge in [0.25, 0.3) is 0 Å². The summed E-state index contributed by atoms with van der Waals surface area (Å²) < 4.78 is 5.49. The molecule has 422 valence electrons. The maximum atomic E-state index is 12.5. The number of ether oxygens (including phenoxy) is 1. The molecule has 6 nitrogen and oxygen atoms in total. The SMILES string of the molecule is CCCCCCCCC/C=C\CCCCCCCC(=O)OCCCCCCCCCCCCCCCCCCCCCCCC(=O)NC(CO)C(O)CCCCCCCCCCCCCCCCCCC. The molecule has 0 heterocycles. The van der Waals surface area contributed by atoms with E-state index < -0.39 is 12.1 Å². The second-order valence-electron chi connectivity index (χ2n) is 22.5. The highest BCUT2D eigenvalue weighted by atomic mass is 16.5. The Morgan fingerprint density at radius 1 is 0.380 bits per heavy atom. The molecule has 0 bridgehead atoms. The van der Waals surface area contributed by atoms with Crippen LogP contribution in [0.5, 0.6) is 0 Å². The van der Waals surface area contributed by atoms with Crippen LogP contribution in [0, 0.1) is 0 Å². The lowest BCUT2D eigenvalue weighted by atomic mass is 10.0. The van der Waals surface area contributed by atoms with E-state index >= 15 is 0 Å². The highest BCUT2D eigenvalue weighted by molar-refractivity contribution is 5.76. The normalized spacial score (nSPS) is 12.6. The van der Waals surface area contributed by atoms with E-state index in [4.69, 9.17) is 4.74 Å².